The van der Waals surface area contributed by atoms with Crippen LogP contribution in [0.25, 0.3) is 10.9 Å². The fourth-order valence-electron chi connectivity index (χ4n) is 2.81. The van der Waals surface area contributed by atoms with Gasteiger partial charge >= 0.3 is 12.4 Å². The molecule has 0 unspecified atom stereocenters. The number of hydrogen-bond acceptors (Lipinski definition) is 3. The van der Waals surface area contributed by atoms with Crippen LogP contribution in [0.3, 0.4) is 0 Å². The second kappa shape index (κ2) is 7.28. The molecule has 1 heterocycles. The molecule has 0 aliphatic heterocycles. The third-order valence-electron chi connectivity index (χ3n) is 3.94. The van der Waals surface area contributed by atoms with Crippen molar-refractivity contribution >= 4 is 22.7 Å². The van der Waals surface area contributed by atoms with Crippen LogP contribution in [0.15, 0.2) is 18.2 Å². The van der Waals surface area contributed by atoms with E-state index in [9.17, 15) is 31.4 Å². The lowest BCUT2D eigenvalue weighted by atomic mass is 10.0. The molecule has 0 aliphatic carbocycles. The molecule has 0 spiro atoms. The first-order chi connectivity index (χ1) is 12.3. The summed E-state index contributed by atoms with van der Waals surface area (Å²) >= 11 is 1.28. The van der Waals surface area contributed by atoms with E-state index in [4.69, 9.17) is 5.26 Å². The fourth-order valence-corrected chi connectivity index (χ4v) is 3.56. The van der Waals surface area contributed by atoms with Crippen LogP contribution in [0.5, 0.6) is 0 Å². The lowest BCUT2D eigenvalue weighted by Gasteiger charge is -2.26. The van der Waals surface area contributed by atoms with Crippen molar-refractivity contribution in [2.45, 2.75) is 38.3 Å². The molecule has 2 rings (SSSR count). The fraction of sp³-hybridized carbons (Fsp3) is 0.471. The predicted molar refractivity (Wildman–Crippen MR) is 90.3 cm³/mol. The standard InChI is InChI=1S/C17H16F6N2OS/c1-3-27-9-15(2,26)14-5-10-4-11(7-24)12(17(21,22)23)6-13(10)25(14)8-16(18,19)20/h4-6,26H,3,8-9H2,1-2H3/t15-/m0/s1. The molecule has 3 nitrogen and oxygen atoms in total. The molecule has 0 saturated heterocycles. The van der Waals surface area contributed by atoms with Crippen LogP contribution in [0, 0.1) is 11.3 Å². The van der Waals surface area contributed by atoms with E-state index in [0.29, 0.717) is 16.4 Å². The zero-order valence-corrected chi connectivity index (χ0v) is 15.2. The average molecular weight is 410 g/mol. The van der Waals surface area contributed by atoms with Gasteiger partial charge in [-0.15, -0.1) is 0 Å². The van der Waals surface area contributed by atoms with Gasteiger partial charge < -0.3 is 9.67 Å². The van der Waals surface area contributed by atoms with Gasteiger partial charge in [-0.1, -0.05) is 6.92 Å². The molecule has 0 fully saturated rings. The molecule has 27 heavy (non-hydrogen) atoms. The van der Waals surface area contributed by atoms with Crippen molar-refractivity contribution in [2.75, 3.05) is 11.5 Å². The number of nitrogens with zero attached hydrogens (tertiary/aromatic N) is 2. The van der Waals surface area contributed by atoms with Gasteiger partial charge in [0.05, 0.1) is 22.9 Å². The van der Waals surface area contributed by atoms with Crippen LogP contribution in [0.1, 0.15) is 30.7 Å². The summed E-state index contributed by atoms with van der Waals surface area (Å²) in [6, 6.07) is 4.07. The Hall–Kier alpha value is -1.86. The van der Waals surface area contributed by atoms with E-state index in [1.165, 1.54) is 30.8 Å². The molecule has 148 valence electrons. The molecular formula is C17H16F6N2OS. The number of aromatic nitrogens is 1. The van der Waals surface area contributed by atoms with Crippen molar-refractivity contribution in [3.05, 3.63) is 35.0 Å². The molecule has 0 saturated carbocycles. The predicted octanol–water partition coefficient (Wildman–Crippen LogP) is 5.05. The third kappa shape index (κ3) is 4.71. The number of rotatable bonds is 5. The molecule has 0 bridgehead atoms. The van der Waals surface area contributed by atoms with Crippen LogP contribution in [-0.2, 0) is 18.3 Å². The maximum atomic E-state index is 13.2. The first-order valence-electron chi connectivity index (χ1n) is 7.82. The summed E-state index contributed by atoms with van der Waals surface area (Å²) in [6.07, 6.45) is -9.60. The van der Waals surface area contributed by atoms with E-state index in [0.717, 1.165) is 6.07 Å². The normalized spacial score (nSPS) is 15.0. The number of thioether (sulfide) groups is 1. The lowest BCUT2D eigenvalue weighted by molar-refractivity contribution is -0.141. The van der Waals surface area contributed by atoms with Gasteiger partial charge in [0.25, 0.3) is 0 Å². The van der Waals surface area contributed by atoms with Gasteiger partial charge in [0.2, 0.25) is 0 Å². The van der Waals surface area contributed by atoms with Crippen LogP contribution >= 0.6 is 11.8 Å². The van der Waals surface area contributed by atoms with Crippen LogP contribution < -0.4 is 0 Å². The van der Waals surface area contributed by atoms with Gasteiger partial charge in [0, 0.05) is 16.7 Å². The first kappa shape index (κ1) is 21.4. The summed E-state index contributed by atoms with van der Waals surface area (Å²) in [5, 5.41) is 19.7. The van der Waals surface area contributed by atoms with E-state index in [-0.39, 0.29) is 22.3 Å². The third-order valence-corrected chi connectivity index (χ3v) is 5.12. The number of fused-ring (bicyclic) bond motifs is 1. The Morgan fingerprint density at radius 1 is 1.15 bits per heavy atom. The number of benzene rings is 1. The van der Waals surface area contributed by atoms with Crippen molar-refractivity contribution in [3.8, 4) is 6.07 Å². The Bertz CT molecular complexity index is 877. The highest BCUT2D eigenvalue weighted by atomic mass is 32.2. The SMILES string of the molecule is CCSC[C@](C)(O)c1cc2cc(C#N)c(C(F)(F)F)cc2n1CC(F)(F)F. The molecule has 1 aromatic carbocycles. The van der Waals surface area contributed by atoms with E-state index in [1.807, 2.05) is 0 Å². The minimum absolute atomic E-state index is 0.0283. The first-order valence-corrected chi connectivity index (χ1v) is 8.97. The minimum atomic E-state index is -4.90. The molecule has 1 N–H and O–H groups in total. The molecule has 1 aromatic heterocycles. The second-order valence-corrected chi connectivity index (χ2v) is 7.48. The largest absolute Gasteiger partial charge is 0.417 e. The number of aliphatic hydroxyl groups is 1. The highest BCUT2D eigenvalue weighted by molar-refractivity contribution is 7.99. The zero-order chi connectivity index (χ0) is 20.6. The van der Waals surface area contributed by atoms with Gasteiger partial charge in [-0.25, -0.2) is 0 Å². The summed E-state index contributed by atoms with van der Waals surface area (Å²) in [7, 11) is 0. The molecule has 0 aliphatic rings. The van der Waals surface area contributed by atoms with E-state index < -0.39 is 35.6 Å². The van der Waals surface area contributed by atoms with Crippen molar-refractivity contribution in [2.24, 2.45) is 0 Å². The van der Waals surface area contributed by atoms with Gasteiger partial charge in [-0.3, -0.25) is 0 Å². The number of hydrogen-bond donors (Lipinski definition) is 1. The monoisotopic (exact) mass is 410 g/mol. The number of nitriles is 1. The maximum Gasteiger partial charge on any atom is 0.417 e. The highest BCUT2D eigenvalue weighted by Gasteiger charge is 2.38. The lowest BCUT2D eigenvalue weighted by Crippen LogP contribution is -2.30. The smallest absolute Gasteiger partial charge is 0.383 e. The summed E-state index contributed by atoms with van der Waals surface area (Å²) < 4.78 is 79.4. The number of alkyl halides is 6. The van der Waals surface area contributed by atoms with E-state index in [1.54, 1.807) is 6.92 Å². The van der Waals surface area contributed by atoms with Crippen LogP contribution in [0.2, 0.25) is 0 Å². The topological polar surface area (TPSA) is 48.9 Å². The number of halogens is 6. The Labute approximate surface area is 155 Å². The Balaban J connectivity index is 2.80. The second-order valence-electron chi connectivity index (χ2n) is 6.21. The van der Waals surface area contributed by atoms with Gasteiger partial charge in [-0.05, 0) is 30.9 Å². The maximum absolute atomic E-state index is 13.2. The Kier molecular flexibility index (Phi) is 5.78. The highest BCUT2D eigenvalue weighted by Crippen LogP contribution is 2.38. The molecule has 0 amide bonds. The van der Waals surface area contributed by atoms with Crippen molar-refractivity contribution in [3.63, 3.8) is 0 Å². The molecule has 1 atom stereocenters. The van der Waals surface area contributed by atoms with E-state index >= 15 is 0 Å². The summed E-state index contributed by atoms with van der Waals surface area (Å²) in [6.45, 7) is 1.56. The van der Waals surface area contributed by atoms with E-state index in [2.05, 4.69) is 0 Å². The minimum Gasteiger partial charge on any atom is -0.383 e. The van der Waals surface area contributed by atoms with Crippen molar-refractivity contribution in [1.82, 2.24) is 4.57 Å². The molecule has 10 heteroatoms. The van der Waals surface area contributed by atoms with Crippen LogP contribution in [-0.4, -0.2) is 27.4 Å². The van der Waals surface area contributed by atoms with Gasteiger partial charge in [-0.2, -0.15) is 43.4 Å². The summed E-state index contributed by atoms with van der Waals surface area (Å²) in [5.74, 6) is 0.668. The summed E-state index contributed by atoms with van der Waals surface area (Å²) in [5.41, 5.74) is -4.19. The van der Waals surface area contributed by atoms with Crippen LogP contribution in [0.4, 0.5) is 26.3 Å². The summed E-state index contributed by atoms with van der Waals surface area (Å²) in [4.78, 5) is 0. The molecular weight excluding hydrogens is 394 g/mol. The quantitative estimate of drug-likeness (QED) is 0.702. The van der Waals surface area contributed by atoms with Gasteiger partial charge in [0.15, 0.2) is 0 Å². The van der Waals surface area contributed by atoms with Crippen molar-refractivity contribution in [1.29, 1.82) is 5.26 Å². The molecule has 2 aromatic rings. The van der Waals surface area contributed by atoms with Crippen molar-refractivity contribution < 1.29 is 31.4 Å². The molecule has 0 radical (unpaired) electrons. The Morgan fingerprint density at radius 3 is 2.26 bits per heavy atom. The zero-order valence-electron chi connectivity index (χ0n) is 14.4. The Morgan fingerprint density at radius 2 is 1.78 bits per heavy atom. The van der Waals surface area contributed by atoms with Gasteiger partial charge in [0.1, 0.15) is 12.1 Å². The average Bonchev–Trinajstić information content (AvgIpc) is 2.87.